The van der Waals surface area contributed by atoms with E-state index < -0.39 is 0 Å². The van der Waals surface area contributed by atoms with Crippen LogP contribution >= 0.6 is 0 Å². The average molecular weight is 444 g/mol. The molecule has 3 aromatic rings. The molecule has 2 aliphatic carbocycles. The smallest absolute Gasteiger partial charge is 0.255 e. The van der Waals surface area contributed by atoms with Gasteiger partial charge in [-0.2, -0.15) is 15.0 Å². The molecule has 5 rings (SSSR count). The zero-order valence-corrected chi connectivity index (χ0v) is 19.1. The Balaban J connectivity index is 1.39. The van der Waals surface area contributed by atoms with E-state index in [9.17, 15) is 4.79 Å². The first-order valence-corrected chi connectivity index (χ1v) is 11.8. The van der Waals surface area contributed by atoms with E-state index in [1.54, 1.807) is 23.1 Å². The normalized spacial score (nSPS) is 20.5. The van der Waals surface area contributed by atoms with Crippen molar-refractivity contribution >= 4 is 22.6 Å². The number of anilines is 1. The number of nitriles is 1. The third-order valence-electron chi connectivity index (χ3n) is 6.88. The number of carbonyl (C=O) groups excluding carboxylic acids is 1. The van der Waals surface area contributed by atoms with Gasteiger partial charge in [0.1, 0.15) is 6.07 Å². The lowest BCUT2D eigenvalue weighted by atomic mass is 9.79. The molecular weight excluding hydrogens is 414 g/mol. The van der Waals surface area contributed by atoms with Crippen LogP contribution in [-0.2, 0) is 0 Å². The van der Waals surface area contributed by atoms with Gasteiger partial charge in [-0.1, -0.05) is 13.8 Å². The van der Waals surface area contributed by atoms with Gasteiger partial charge in [0.05, 0.1) is 23.0 Å². The number of fused-ring (bicyclic) bond motifs is 1. The second kappa shape index (κ2) is 8.81. The van der Waals surface area contributed by atoms with E-state index in [4.69, 9.17) is 5.26 Å². The molecule has 8 nitrogen and oxygen atoms in total. The summed E-state index contributed by atoms with van der Waals surface area (Å²) in [7, 11) is 0. The number of hydrogen-bond donors (Lipinski definition) is 2. The highest BCUT2D eigenvalue weighted by atomic mass is 16.1. The van der Waals surface area contributed by atoms with Crippen LogP contribution in [0.2, 0.25) is 0 Å². The van der Waals surface area contributed by atoms with Crippen LogP contribution in [-0.4, -0.2) is 37.7 Å². The molecule has 1 amide bonds. The van der Waals surface area contributed by atoms with Crippen LogP contribution in [0.25, 0.3) is 16.9 Å². The molecule has 8 heteroatoms. The van der Waals surface area contributed by atoms with E-state index in [-0.39, 0.29) is 11.9 Å². The molecule has 0 spiro atoms. The SMILES string of the molecule is CC(C)[C@H]1CC[C@H](NC(=O)c2cnc(-n3ncc4cc(C#N)cnc43)cc2NC2CC2)CC1. The number of hydrogen-bond acceptors (Lipinski definition) is 6. The number of aromatic nitrogens is 4. The van der Waals surface area contributed by atoms with Crippen LogP contribution in [0, 0.1) is 23.2 Å². The molecule has 0 bridgehead atoms. The Morgan fingerprint density at radius 2 is 1.82 bits per heavy atom. The summed E-state index contributed by atoms with van der Waals surface area (Å²) in [5.74, 6) is 1.96. The Kier molecular flexibility index (Phi) is 5.71. The number of carbonyl (C=O) groups is 1. The predicted molar refractivity (Wildman–Crippen MR) is 126 cm³/mol. The molecule has 0 aromatic carbocycles. The van der Waals surface area contributed by atoms with Crippen LogP contribution < -0.4 is 10.6 Å². The van der Waals surface area contributed by atoms with Crippen LogP contribution in [0.4, 0.5) is 5.69 Å². The molecule has 2 aliphatic rings. The van der Waals surface area contributed by atoms with Crippen LogP contribution in [0.3, 0.4) is 0 Å². The predicted octanol–water partition coefficient (Wildman–Crippen LogP) is 4.21. The van der Waals surface area contributed by atoms with E-state index in [0.29, 0.717) is 34.6 Å². The zero-order chi connectivity index (χ0) is 22.9. The Bertz CT molecular complexity index is 1210. The summed E-state index contributed by atoms with van der Waals surface area (Å²) in [4.78, 5) is 22.1. The summed E-state index contributed by atoms with van der Waals surface area (Å²) in [5.41, 5.74) is 2.44. The molecule has 33 heavy (non-hydrogen) atoms. The van der Waals surface area contributed by atoms with Gasteiger partial charge in [-0.05, 0) is 56.4 Å². The Morgan fingerprint density at radius 1 is 1.06 bits per heavy atom. The highest BCUT2D eigenvalue weighted by Crippen LogP contribution is 2.31. The summed E-state index contributed by atoms with van der Waals surface area (Å²) < 4.78 is 1.64. The van der Waals surface area contributed by atoms with Crippen LogP contribution in [0.15, 0.2) is 30.7 Å². The monoisotopic (exact) mass is 443 g/mol. The minimum absolute atomic E-state index is 0.0766. The molecule has 0 unspecified atom stereocenters. The van der Waals surface area contributed by atoms with E-state index in [0.717, 1.165) is 42.7 Å². The largest absolute Gasteiger partial charge is 0.382 e. The maximum atomic E-state index is 13.2. The number of nitrogens with zero attached hydrogens (tertiary/aromatic N) is 5. The Hall–Kier alpha value is -3.47. The lowest BCUT2D eigenvalue weighted by Gasteiger charge is -2.31. The topological polar surface area (TPSA) is 109 Å². The highest BCUT2D eigenvalue weighted by Gasteiger charge is 2.27. The maximum absolute atomic E-state index is 13.2. The van der Waals surface area contributed by atoms with Crippen LogP contribution in [0.5, 0.6) is 0 Å². The Labute approximate surface area is 193 Å². The van der Waals surface area contributed by atoms with Gasteiger partial charge in [-0.15, -0.1) is 0 Å². The summed E-state index contributed by atoms with van der Waals surface area (Å²) >= 11 is 0. The van der Waals surface area contributed by atoms with Gasteiger partial charge in [0.15, 0.2) is 11.5 Å². The van der Waals surface area contributed by atoms with Crippen molar-refractivity contribution in [2.24, 2.45) is 11.8 Å². The molecule has 0 aliphatic heterocycles. The number of rotatable bonds is 6. The van der Waals surface area contributed by atoms with E-state index >= 15 is 0 Å². The zero-order valence-electron chi connectivity index (χ0n) is 19.1. The van der Waals surface area contributed by atoms with Gasteiger partial charge >= 0.3 is 0 Å². The van der Waals surface area contributed by atoms with Crippen LogP contribution in [0.1, 0.15) is 68.3 Å². The summed E-state index contributed by atoms with van der Waals surface area (Å²) in [5, 5.41) is 21.0. The third-order valence-corrected chi connectivity index (χ3v) is 6.88. The minimum atomic E-state index is -0.0766. The maximum Gasteiger partial charge on any atom is 0.255 e. The molecule has 2 saturated carbocycles. The van der Waals surface area contributed by atoms with Gasteiger partial charge in [0, 0.05) is 35.9 Å². The third kappa shape index (κ3) is 4.54. The van der Waals surface area contributed by atoms with E-state index in [1.807, 2.05) is 6.07 Å². The highest BCUT2D eigenvalue weighted by molar-refractivity contribution is 6.00. The van der Waals surface area contributed by atoms with Crippen molar-refractivity contribution < 1.29 is 4.79 Å². The minimum Gasteiger partial charge on any atom is -0.382 e. The second-order valence-corrected chi connectivity index (χ2v) is 9.64. The van der Waals surface area contributed by atoms with Crippen molar-refractivity contribution in [2.45, 2.75) is 64.5 Å². The lowest BCUT2D eigenvalue weighted by molar-refractivity contribution is 0.0918. The van der Waals surface area contributed by atoms with E-state index in [2.05, 4.69) is 45.6 Å². The molecule has 2 fully saturated rings. The quantitative estimate of drug-likeness (QED) is 0.591. The fourth-order valence-corrected chi connectivity index (χ4v) is 4.65. The van der Waals surface area contributed by atoms with Crippen molar-refractivity contribution in [3.05, 3.63) is 41.9 Å². The van der Waals surface area contributed by atoms with Crippen molar-refractivity contribution in [1.29, 1.82) is 5.26 Å². The number of amides is 1. The molecule has 0 radical (unpaired) electrons. The first-order valence-electron chi connectivity index (χ1n) is 11.8. The van der Waals surface area contributed by atoms with Gasteiger partial charge in [0.25, 0.3) is 5.91 Å². The number of pyridine rings is 2. The summed E-state index contributed by atoms with van der Waals surface area (Å²) in [6, 6.07) is 6.33. The van der Waals surface area contributed by atoms with Crippen molar-refractivity contribution in [3.8, 4) is 11.9 Å². The fourth-order valence-electron chi connectivity index (χ4n) is 4.65. The lowest BCUT2D eigenvalue weighted by Crippen LogP contribution is -2.38. The van der Waals surface area contributed by atoms with Gasteiger partial charge in [-0.3, -0.25) is 4.79 Å². The summed E-state index contributed by atoms with van der Waals surface area (Å²) in [6.45, 7) is 4.57. The second-order valence-electron chi connectivity index (χ2n) is 9.64. The average Bonchev–Trinajstić information content (AvgIpc) is 3.54. The summed E-state index contributed by atoms with van der Waals surface area (Å²) in [6.07, 6.45) is 11.4. The molecule has 0 atom stereocenters. The Morgan fingerprint density at radius 3 is 2.52 bits per heavy atom. The van der Waals surface area contributed by atoms with Gasteiger partial charge in [-0.25, -0.2) is 9.97 Å². The van der Waals surface area contributed by atoms with E-state index in [1.165, 1.54) is 19.0 Å². The molecular formula is C25H29N7O. The molecule has 2 N–H and O–H groups in total. The van der Waals surface area contributed by atoms with Crippen molar-refractivity contribution in [1.82, 2.24) is 25.1 Å². The molecule has 170 valence electrons. The molecule has 3 aromatic heterocycles. The fraction of sp³-hybridized carbons (Fsp3) is 0.480. The first kappa shape index (κ1) is 21.4. The first-order chi connectivity index (χ1) is 16.0. The standard InChI is InChI=1S/C25H29N7O/c1-15(2)17-3-5-20(6-4-17)31-25(33)21-14-27-23(10-22(21)30-19-7-8-19)32-24-18(13-29-32)9-16(11-26)12-28-24/h9-10,12-15,17,19-20H,3-8H2,1-2H3,(H,27,30)(H,31,33)/t17-,20-. The van der Waals surface area contributed by atoms with Crippen molar-refractivity contribution in [3.63, 3.8) is 0 Å². The number of nitrogens with one attached hydrogen (secondary N) is 2. The van der Waals surface area contributed by atoms with Gasteiger partial charge in [0.2, 0.25) is 0 Å². The van der Waals surface area contributed by atoms with Crippen molar-refractivity contribution in [2.75, 3.05) is 5.32 Å². The molecule has 0 saturated heterocycles. The van der Waals surface area contributed by atoms with Gasteiger partial charge < -0.3 is 10.6 Å². The molecule has 3 heterocycles.